The fourth-order valence-corrected chi connectivity index (χ4v) is 2.03. The molecule has 1 heterocycles. The third-order valence-corrected chi connectivity index (χ3v) is 3.10. The van der Waals surface area contributed by atoms with Crippen LogP contribution < -0.4 is 10.2 Å². The van der Waals surface area contributed by atoms with Crippen LogP contribution in [0, 0.1) is 12.8 Å². The number of ether oxygens (including phenoxy) is 2. The molecule has 0 bridgehead atoms. The minimum Gasteiger partial charge on any atom is -0.493 e. The van der Waals surface area contributed by atoms with Crippen LogP contribution in [0.4, 0.5) is 12.9 Å². The van der Waals surface area contributed by atoms with Crippen LogP contribution >= 0.6 is 0 Å². The normalized spacial score (nSPS) is 20.1. The van der Waals surface area contributed by atoms with Crippen LogP contribution in [-0.2, 0) is 4.74 Å². The van der Waals surface area contributed by atoms with Crippen LogP contribution in [0.25, 0.3) is 0 Å². The molecule has 0 spiro atoms. The molecule has 0 aromatic heterocycles. The molecule has 0 aliphatic carbocycles. The minimum absolute atomic E-state index is 0.211. The van der Waals surface area contributed by atoms with Crippen LogP contribution in [0.15, 0.2) is 18.2 Å². The molecule has 18 heavy (non-hydrogen) atoms. The van der Waals surface area contributed by atoms with Crippen molar-refractivity contribution in [1.29, 1.82) is 0 Å². The van der Waals surface area contributed by atoms with Crippen molar-refractivity contribution >= 4 is 12.4 Å². The molecule has 0 radical (unpaired) electrons. The zero-order valence-corrected chi connectivity index (χ0v) is 10.2. The van der Waals surface area contributed by atoms with Crippen LogP contribution in [0.1, 0.15) is 12.0 Å². The fraction of sp³-hybridized carbons (Fsp3) is 0.500. The summed E-state index contributed by atoms with van der Waals surface area (Å²) >= 11 is 0. The molecule has 0 N–H and O–H groups in total. The zero-order valence-electron chi connectivity index (χ0n) is 10.2. The van der Waals surface area contributed by atoms with Gasteiger partial charge in [0.2, 0.25) is 0 Å². The number of aryl methyl sites for hydroxylation is 1. The SMILES string of the molecule is Cc1cc(OCC2CCOC2)ccc1[B-](F)(F)F. The van der Waals surface area contributed by atoms with Gasteiger partial charge in [0.1, 0.15) is 5.75 Å². The molecule has 0 saturated carbocycles. The maximum atomic E-state index is 12.6. The molecule has 100 valence electrons. The van der Waals surface area contributed by atoms with E-state index in [0.29, 0.717) is 24.9 Å². The lowest BCUT2D eigenvalue weighted by Gasteiger charge is -2.19. The summed E-state index contributed by atoms with van der Waals surface area (Å²) in [6.45, 7) is -1.58. The smallest absolute Gasteiger partial charge is 0.493 e. The molecule has 1 aliphatic heterocycles. The van der Waals surface area contributed by atoms with E-state index in [9.17, 15) is 12.9 Å². The molecule has 1 aromatic rings. The molecule has 1 unspecified atom stereocenters. The van der Waals surface area contributed by atoms with Crippen LogP contribution in [0.5, 0.6) is 5.75 Å². The van der Waals surface area contributed by atoms with Gasteiger partial charge >= 0.3 is 6.98 Å². The first-order chi connectivity index (χ1) is 8.47. The van der Waals surface area contributed by atoms with E-state index < -0.39 is 12.4 Å². The van der Waals surface area contributed by atoms with Crippen LogP contribution in [0.2, 0.25) is 0 Å². The van der Waals surface area contributed by atoms with Gasteiger partial charge < -0.3 is 22.4 Å². The Balaban J connectivity index is 2.00. The van der Waals surface area contributed by atoms with Crippen molar-refractivity contribution in [2.24, 2.45) is 5.92 Å². The summed E-state index contributed by atoms with van der Waals surface area (Å²) in [6.07, 6.45) is 0.947. The fourth-order valence-electron chi connectivity index (χ4n) is 2.03. The number of benzene rings is 1. The summed E-state index contributed by atoms with van der Waals surface area (Å²) in [7, 11) is 0. The minimum atomic E-state index is -4.94. The van der Waals surface area contributed by atoms with Crippen molar-refractivity contribution < 1.29 is 22.4 Å². The highest BCUT2D eigenvalue weighted by Gasteiger charge is 2.27. The summed E-state index contributed by atoms with van der Waals surface area (Å²) < 4.78 is 48.6. The lowest BCUT2D eigenvalue weighted by molar-refractivity contribution is 0.167. The lowest BCUT2D eigenvalue weighted by atomic mass is 9.77. The highest BCUT2D eigenvalue weighted by atomic mass is 19.4. The number of hydrogen-bond donors (Lipinski definition) is 0. The van der Waals surface area contributed by atoms with Gasteiger partial charge in [-0.25, -0.2) is 0 Å². The third kappa shape index (κ3) is 3.19. The largest absolute Gasteiger partial charge is 0.509 e. The van der Waals surface area contributed by atoms with Gasteiger partial charge in [0, 0.05) is 12.5 Å². The van der Waals surface area contributed by atoms with Crippen molar-refractivity contribution in [3.63, 3.8) is 0 Å². The van der Waals surface area contributed by atoms with Gasteiger partial charge in [0.05, 0.1) is 13.2 Å². The molecule has 1 aromatic carbocycles. The molecular weight excluding hydrogens is 244 g/mol. The average molecular weight is 259 g/mol. The van der Waals surface area contributed by atoms with Crippen molar-refractivity contribution in [3.05, 3.63) is 23.8 Å². The van der Waals surface area contributed by atoms with E-state index >= 15 is 0 Å². The van der Waals surface area contributed by atoms with E-state index in [1.54, 1.807) is 0 Å². The Kier molecular flexibility index (Phi) is 3.85. The molecule has 1 aliphatic rings. The summed E-state index contributed by atoms with van der Waals surface area (Å²) in [5, 5.41) is 0. The second kappa shape index (κ2) is 5.22. The summed E-state index contributed by atoms with van der Waals surface area (Å²) in [4.78, 5) is 0. The molecule has 0 amide bonds. The molecule has 1 atom stereocenters. The van der Waals surface area contributed by atoms with Gasteiger partial charge in [-0.1, -0.05) is 11.6 Å². The average Bonchev–Trinajstić information content (AvgIpc) is 2.77. The first kappa shape index (κ1) is 13.3. The molecule has 2 rings (SSSR count). The van der Waals surface area contributed by atoms with Crippen molar-refractivity contribution in [2.75, 3.05) is 19.8 Å². The molecule has 1 saturated heterocycles. The van der Waals surface area contributed by atoms with E-state index in [2.05, 4.69) is 0 Å². The second-order valence-electron chi connectivity index (χ2n) is 4.63. The van der Waals surface area contributed by atoms with Crippen LogP contribution in [0.3, 0.4) is 0 Å². The number of hydrogen-bond acceptors (Lipinski definition) is 2. The van der Waals surface area contributed by atoms with E-state index in [0.717, 1.165) is 19.1 Å². The summed E-state index contributed by atoms with van der Waals surface area (Å²) in [6, 6.07) is 3.92. The summed E-state index contributed by atoms with van der Waals surface area (Å²) in [5.41, 5.74) is -0.339. The lowest BCUT2D eigenvalue weighted by Crippen LogP contribution is -2.35. The Morgan fingerprint density at radius 2 is 2.17 bits per heavy atom. The van der Waals surface area contributed by atoms with Crippen molar-refractivity contribution in [2.45, 2.75) is 13.3 Å². The van der Waals surface area contributed by atoms with E-state index in [4.69, 9.17) is 9.47 Å². The van der Waals surface area contributed by atoms with Gasteiger partial charge in [-0.15, -0.1) is 5.46 Å². The van der Waals surface area contributed by atoms with Gasteiger partial charge in [-0.2, -0.15) is 0 Å². The van der Waals surface area contributed by atoms with Gasteiger partial charge in [0.15, 0.2) is 0 Å². The molecular formula is C12H15BF3O2-. The standard InChI is InChI=1S/C12H15BF3O2/c1-9-6-11(2-3-12(9)13(14,15)16)18-8-10-4-5-17-7-10/h2-3,6,10H,4-5,7-8H2,1H3/q-1. The van der Waals surface area contributed by atoms with Gasteiger partial charge in [-0.3, -0.25) is 0 Å². The Hall–Kier alpha value is -1.17. The monoisotopic (exact) mass is 259 g/mol. The quantitative estimate of drug-likeness (QED) is 0.773. The Morgan fingerprint density at radius 1 is 1.39 bits per heavy atom. The predicted molar refractivity (Wildman–Crippen MR) is 64.3 cm³/mol. The first-order valence-corrected chi connectivity index (χ1v) is 5.98. The maximum absolute atomic E-state index is 12.6. The van der Waals surface area contributed by atoms with Gasteiger partial charge in [0.25, 0.3) is 0 Å². The topological polar surface area (TPSA) is 18.5 Å². The molecule has 2 nitrogen and oxygen atoms in total. The first-order valence-electron chi connectivity index (χ1n) is 5.98. The molecule has 6 heteroatoms. The predicted octanol–water partition coefficient (Wildman–Crippen LogP) is 2.46. The Labute approximate surface area is 104 Å². The Morgan fingerprint density at radius 3 is 2.72 bits per heavy atom. The second-order valence-corrected chi connectivity index (χ2v) is 4.63. The highest BCUT2D eigenvalue weighted by Crippen LogP contribution is 2.19. The molecule has 1 fully saturated rings. The van der Waals surface area contributed by atoms with Crippen molar-refractivity contribution in [3.8, 4) is 5.75 Å². The number of halogens is 3. The van der Waals surface area contributed by atoms with Crippen LogP contribution in [-0.4, -0.2) is 26.8 Å². The number of rotatable bonds is 4. The summed E-state index contributed by atoms with van der Waals surface area (Å²) in [5.74, 6) is 0.833. The third-order valence-electron chi connectivity index (χ3n) is 3.10. The van der Waals surface area contributed by atoms with Gasteiger partial charge in [-0.05, 0) is 25.5 Å². The van der Waals surface area contributed by atoms with E-state index in [1.165, 1.54) is 19.1 Å². The highest BCUT2D eigenvalue weighted by molar-refractivity contribution is 6.74. The van der Waals surface area contributed by atoms with Crippen molar-refractivity contribution in [1.82, 2.24) is 0 Å². The Bertz CT molecular complexity index is 414. The maximum Gasteiger partial charge on any atom is 0.509 e. The zero-order chi connectivity index (χ0) is 13.2. The van der Waals surface area contributed by atoms with E-state index in [-0.39, 0.29) is 5.56 Å². The van der Waals surface area contributed by atoms with E-state index in [1.807, 2.05) is 0 Å².